The van der Waals surface area contributed by atoms with Crippen LogP contribution in [0.3, 0.4) is 0 Å². The zero-order valence-electron chi connectivity index (χ0n) is 16.4. The van der Waals surface area contributed by atoms with E-state index >= 15 is 0 Å². The predicted molar refractivity (Wildman–Crippen MR) is 110 cm³/mol. The quantitative estimate of drug-likeness (QED) is 0.639. The second-order valence-electron chi connectivity index (χ2n) is 8.10. The molecule has 1 aromatic carbocycles. The number of nitrogens with zero attached hydrogens (tertiary/aromatic N) is 2. The maximum absolute atomic E-state index is 12.4. The lowest BCUT2D eigenvalue weighted by atomic mass is 9.95. The van der Waals surface area contributed by atoms with Crippen molar-refractivity contribution in [2.75, 3.05) is 6.54 Å². The van der Waals surface area contributed by atoms with Crippen LogP contribution < -0.4 is 0 Å². The van der Waals surface area contributed by atoms with E-state index in [1.54, 1.807) is 11.1 Å². The number of amides is 1. The first-order chi connectivity index (χ1) is 13.3. The molecule has 4 rings (SSSR count). The van der Waals surface area contributed by atoms with Gasteiger partial charge in [0.25, 0.3) is 0 Å². The Hall–Kier alpha value is -3.26. The largest absolute Gasteiger partial charge is 0.444 e. The average Bonchev–Trinajstić information content (AvgIpc) is 3.08. The van der Waals surface area contributed by atoms with Gasteiger partial charge in [-0.3, -0.25) is 0 Å². The van der Waals surface area contributed by atoms with Crippen molar-refractivity contribution < 1.29 is 9.53 Å². The van der Waals surface area contributed by atoms with Crippen LogP contribution in [0.25, 0.3) is 22.2 Å². The topological polar surface area (TPSA) is 58.2 Å². The summed E-state index contributed by atoms with van der Waals surface area (Å²) < 4.78 is 5.53. The van der Waals surface area contributed by atoms with Crippen molar-refractivity contribution in [2.45, 2.75) is 39.3 Å². The van der Waals surface area contributed by atoms with Crippen LogP contribution in [0.15, 0.2) is 36.7 Å². The molecule has 3 aromatic rings. The number of hydrogen-bond donors (Lipinski definition) is 1. The molecule has 0 unspecified atom stereocenters. The Labute approximate surface area is 164 Å². The highest BCUT2D eigenvalue weighted by Crippen LogP contribution is 2.29. The summed E-state index contributed by atoms with van der Waals surface area (Å²) in [5, 5.41) is 0.938. The molecule has 0 radical (unpaired) electrons. The number of aromatic amines is 1. The van der Waals surface area contributed by atoms with Gasteiger partial charge >= 0.3 is 6.09 Å². The summed E-state index contributed by atoms with van der Waals surface area (Å²) in [7, 11) is 0. The van der Waals surface area contributed by atoms with E-state index in [0.29, 0.717) is 13.1 Å². The van der Waals surface area contributed by atoms with Gasteiger partial charge in [-0.1, -0.05) is 18.1 Å². The second kappa shape index (κ2) is 6.72. The Morgan fingerprint density at radius 3 is 2.82 bits per heavy atom. The Morgan fingerprint density at radius 2 is 2.07 bits per heavy atom. The molecule has 3 heterocycles. The van der Waals surface area contributed by atoms with E-state index in [2.05, 4.69) is 40.2 Å². The van der Waals surface area contributed by atoms with E-state index in [-0.39, 0.29) is 6.09 Å². The zero-order valence-corrected chi connectivity index (χ0v) is 16.4. The van der Waals surface area contributed by atoms with E-state index in [0.717, 1.165) is 39.7 Å². The van der Waals surface area contributed by atoms with Crippen molar-refractivity contribution in [3.8, 4) is 23.5 Å². The molecule has 5 nitrogen and oxygen atoms in total. The fraction of sp³-hybridized carbons (Fsp3) is 0.304. The van der Waals surface area contributed by atoms with Crippen LogP contribution in [-0.2, 0) is 17.7 Å². The molecule has 1 aliphatic heterocycles. The molecule has 1 aliphatic rings. The van der Waals surface area contributed by atoms with Crippen molar-refractivity contribution in [3.63, 3.8) is 0 Å². The number of nitrogens with one attached hydrogen (secondary N) is 1. The lowest BCUT2D eigenvalue weighted by Gasteiger charge is -2.31. The number of benzene rings is 1. The second-order valence-corrected chi connectivity index (χ2v) is 8.10. The molecular weight excluding hydrogens is 350 g/mol. The molecule has 0 saturated carbocycles. The summed E-state index contributed by atoms with van der Waals surface area (Å²) in [6, 6.07) is 8.44. The number of pyridine rings is 1. The normalized spacial score (nSPS) is 13.9. The van der Waals surface area contributed by atoms with Crippen molar-refractivity contribution >= 4 is 17.1 Å². The van der Waals surface area contributed by atoms with Crippen LogP contribution in [0.1, 0.15) is 37.5 Å². The van der Waals surface area contributed by atoms with Crippen LogP contribution in [0.4, 0.5) is 4.79 Å². The van der Waals surface area contributed by atoms with Crippen LogP contribution in [0.2, 0.25) is 0 Å². The van der Waals surface area contributed by atoms with Gasteiger partial charge in [0.1, 0.15) is 11.2 Å². The standard InChI is InChI=1S/C23H23N3O2/c1-5-15-12-24-21-20(15)11-18(13-25-21)17-7-6-16-8-9-26(14-19(16)10-17)22(27)28-23(2,3)4/h1,6-7,10-13H,8-9,14H2,2-4H3,(H,24,25). The van der Waals surface area contributed by atoms with Gasteiger partial charge < -0.3 is 14.6 Å². The maximum atomic E-state index is 12.4. The highest BCUT2D eigenvalue weighted by Gasteiger charge is 2.25. The Morgan fingerprint density at radius 1 is 1.25 bits per heavy atom. The molecule has 0 atom stereocenters. The lowest BCUT2D eigenvalue weighted by molar-refractivity contribution is 0.0224. The minimum atomic E-state index is -0.494. The molecule has 1 amide bonds. The van der Waals surface area contributed by atoms with Gasteiger partial charge in [0.05, 0.1) is 5.56 Å². The summed E-state index contributed by atoms with van der Waals surface area (Å²) >= 11 is 0. The number of aromatic nitrogens is 2. The Bertz CT molecular complexity index is 1100. The summed E-state index contributed by atoms with van der Waals surface area (Å²) in [6.45, 7) is 6.87. The number of H-pyrrole nitrogens is 1. The van der Waals surface area contributed by atoms with E-state index in [4.69, 9.17) is 11.2 Å². The molecule has 0 aliphatic carbocycles. The molecule has 0 spiro atoms. The van der Waals surface area contributed by atoms with Crippen LogP contribution in [-0.4, -0.2) is 33.1 Å². The molecule has 2 aromatic heterocycles. The zero-order chi connectivity index (χ0) is 19.9. The molecule has 1 N–H and O–H groups in total. The van der Waals surface area contributed by atoms with Gasteiger partial charge in [-0.2, -0.15) is 0 Å². The molecule has 142 valence electrons. The third kappa shape index (κ3) is 3.46. The van der Waals surface area contributed by atoms with Crippen LogP contribution in [0.5, 0.6) is 0 Å². The number of hydrogen-bond acceptors (Lipinski definition) is 3. The molecular formula is C23H23N3O2. The minimum Gasteiger partial charge on any atom is -0.444 e. The number of fused-ring (bicyclic) bond motifs is 2. The van der Waals surface area contributed by atoms with Crippen LogP contribution >= 0.6 is 0 Å². The molecule has 0 fully saturated rings. The summed E-state index contributed by atoms with van der Waals surface area (Å²) in [6.07, 6.45) is 9.78. The van der Waals surface area contributed by atoms with E-state index < -0.39 is 5.60 Å². The number of ether oxygens (including phenoxy) is 1. The van der Waals surface area contributed by atoms with Crippen LogP contribution in [0, 0.1) is 12.3 Å². The highest BCUT2D eigenvalue weighted by molar-refractivity contribution is 5.87. The third-order valence-corrected chi connectivity index (χ3v) is 4.89. The van der Waals surface area contributed by atoms with E-state index in [1.165, 1.54) is 5.56 Å². The van der Waals surface area contributed by atoms with Gasteiger partial charge in [-0.25, -0.2) is 9.78 Å². The number of carbonyl (C=O) groups is 1. The Balaban J connectivity index is 1.63. The van der Waals surface area contributed by atoms with E-state index in [9.17, 15) is 4.79 Å². The SMILES string of the molecule is C#Cc1c[nH]c2ncc(-c3ccc4c(c3)CN(C(=O)OC(C)(C)C)CC4)cc12. The lowest BCUT2D eigenvalue weighted by Crippen LogP contribution is -2.39. The fourth-order valence-corrected chi connectivity index (χ4v) is 3.50. The molecule has 0 saturated heterocycles. The number of terminal acetylenes is 1. The molecule has 0 bridgehead atoms. The van der Waals surface area contributed by atoms with Gasteiger partial charge in [-0.15, -0.1) is 6.42 Å². The van der Waals surface area contributed by atoms with Gasteiger partial charge in [0.15, 0.2) is 0 Å². The van der Waals surface area contributed by atoms with Crippen molar-refractivity contribution in [1.29, 1.82) is 0 Å². The fourth-order valence-electron chi connectivity index (χ4n) is 3.50. The molecule has 5 heteroatoms. The van der Waals surface area contributed by atoms with Crippen molar-refractivity contribution in [1.82, 2.24) is 14.9 Å². The van der Waals surface area contributed by atoms with Crippen molar-refractivity contribution in [2.24, 2.45) is 0 Å². The average molecular weight is 373 g/mol. The Kier molecular flexibility index (Phi) is 4.35. The maximum Gasteiger partial charge on any atom is 0.410 e. The first-order valence-corrected chi connectivity index (χ1v) is 9.38. The highest BCUT2D eigenvalue weighted by atomic mass is 16.6. The first-order valence-electron chi connectivity index (χ1n) is 9.38. The van der Waals surface area contributed by atoms with Crippen molar-refractivity contribution in [3.05, 3.63) is 53.3 Å². The first kappa shape index (κ1) is 18.1. The smallest absolute Gasteiger partial charge is 0.410 e. The minimum absolute atomic E-state index is 0.266. The van der Waals surface area contributed by atoms with Gasteiger partial charge in [-0.05, 0) is 56.0 Å². The monoisotopic (exact) mass is 373 g/mol. The number of carbonyl (C=O) groups excluding carboxylic acids is 1. The van der Waals surface area contributed by atoms with Gasteiger partial charge in [0.2, 0.25) is 0 Å². The summed E-state index contributed by atoms with van der Waals surface area (Å²) in [4.78, 5) is 21.8. The summed E-state index contributed by atoms with van der Waals surface area (Å²) in [5.41, 5.74) is 5.56. The predicted octanol–water partition coefficient (Wildman–Crippen LogP) is 4.50. The van der Waals surface area contributed by atoms with E-state index in [1.807, 2.05) is 27.0 Å². The number of rotatable bonds is 1. The third-order valence-electron chi connectivity index (χ3n) is 4.89. The molecule has 28 heavy (non-hydrogen) atoms. The summed E-state index contributed by atoms with van der Waals surface area (Å²) in [5.74, 6) is 2.69. The van der Waals surface area contributed by atoms with Gasteiger partial charge in [0, 0.05) is 36.4 Å².